The van der Waals surface area contributed by atoms with E-state index in [4.69, 9.17) is 5.11 Å². The summed E-state index contributed by atoms with van der Waals surface area (Å²) in [5, 5.41) is 25.0. The smallest absolute Gasteiger partial charge is 0.326 e. The van der Waals surface area contributed by atoms with Gasteiger partial charge in [0.1, 0.15) is 6.04 Å². The zero-order valence-electron chi connectivity index (χ0n) is 20.8. The third-order valence-electron chi connectivity index (χ3n) is 7.98. The SMILES string of the molecule is Cc1ccc2sc3c(Br)c2c1C1(N=NNN1C1CCCC1C(=O)N[C@H](C(=O)O)C(C)C)c1ccccc1-3. The molecule has 3 aromatic rings. The van der Waals surface area contributed by atoms with Gasteiger partial charge in [-0.1, -0.05) is 55.8 Å². The topological polar surface area (TPSA) is 106 Å². The number of hydrogen-bond acceptors (Lipinski definition) is 7. The fourth-order valence-electron chi connectivity index (χ4n) is 6.26. The van der Waals surface area contributed by atoms with Crippen molar-refractivity contribution < 1.29 is 14.7 Å². The maximum Gasteiger partial charge on any atom is 0.326 e. The monoisotopic (exact) mass is 581 g/mol. The van der Waals surface area contributed by atoms with E-state index in [0.29, 0.717) is 6.42 Å². The molecule has 1 saturated carbocycles. The summed E-state index contributed by atoms with van der Waals surface area (Å²) in [6, 6.07) is 11.4. The molecule has 2 heterocycles. The lowest BCUT2D eigenvalue weighted by molar-refractivity contribution is -0.144. The molecule has 1 amide bonds. The van der Waals surface area contributed by atoms with Crippen LogP contribution in [0.2, 0.25) is 0 Å². The van der Waals surface area contributed by atoms with Gasteiger partial charge >= 0.3 is 5.97 Å². The van der Waals surface area contributed by atoms with Crippen molar-refractivity contribution in [3.05, 3.63) is 57.6 Å². The van der Waals surface area contributed by atoms with E-state index in [1.54, 1.807) is 25.2 Å². The predicted molar refractivity (Wildman–Crippen MR) is 146 cm³/mol. The van der Waals surface area contributed by atoms with Crippen molar-refractivity contribution in [2.75, 3.05) is 0 Å². The summed E-state index contributed by atoms with van der Waals surface area (Å²) in [5.41, 5.74) is 6.45. The Labute approximate surface area is 227 Å². The minimum absolute atomic E-state index is 0.221. The third-order valence-corrected chi connectivity index (χ3v) is 10.2. The Kier molecular flexibility index (Phi) is 5.89. The number of rotatable bonds is 5. The molecule has 4 atom stereocenters. The highest BCUT2D eigenvalue weighted by molar-refractivity contribution is 9.10. The summed E-state index contributed by atoms with van der Waals surface area (Å²) >= 11 is 5.67. The molecule has 1 spiro atoms. The molecule has 0 radical (unpaired) electrons. The van der Waals surface area contributed by atoms with Gasteiger partial charge in [-0.05, 0) is 53.2 Å². The molecule has 3 unspecified atom stereocenters. The molecule has 192 valence electrons. The number of nitrogens with zero attached hydrogens (tertiary/aromatic N) is 3. The summed E-state index contributed by atoms with van der Waals surface area (Å²) < 4.78 is 2.22. The number of fused-ring (bicyclic) bond motifs is 5. The predicted octanol–water partition coefficient (Wildman–Crippen LogP) is 5.74. The van der Waals surface area contributed by atoms with Gasteiger partial charge in [0.2, 0.25) is 11.6 Å². The highest BCUT2D eigenvalue weighted by Crippen LogP contribution is 2.57. The summed E-state index contributed by atoms with van der Waals surface area (Å²) in [5.74, 6) is -1.87. The maximum absolute atomic E-state index is 13.5. The number of aliphatic carboxylic acids is 1. The number of hydrazine groups is 1. The molecule has 10 heteroatoms. The second-order valence-corrected chi connectivity index (χ2v) is 12.3. The molecule has 6 rings (SSSR count). The standard InChI is InChI=1S/C27H28BrN5O3S/c1-13(2)23(26(35)36)29-25(34)16-8-6-10-18(16)33-27(30-31-32-33)17-9-5-4-7-15(17)24-22(28)20-19(37-24)12-11-14(3)21(20)27/h4-5,7,9,11-13,16,18,23H,6,8,10H2,1-3H3,(H,29,34)(H,30,32)(H,35,36)/t16?,18?,23-,27?/m0/s1. The number of halogens is 1. The average Bonchev–Trinajstić information content (AvgIpc) is 3.58. The van der Waals surface area contributed by atoms with Gasteiger partial charge in [-0.2, -0.15) is 5.01 Å². The number of thiophene rings is 1. The Hall–Kier alpha value is -2.82. The van der Waals surface area contributed by atoms with Crippen molar-refractivity contribution in [2.24, 2.45) is 22.2 Å². The summed E-state index contributed by atoms with van der Waals surface area (Å²) in [4.78, 5) is 26.5. The molecule has 2 aromatic carbocycles. The summed E-state index contributed by atoms with van der Waals surface area (Å²) in [6.07, 6.45) is 2.29. The lowest BCUT2D eigenvalue weighted by atomic mass is 9.83. The number of carboxylic acid groups (broad SMARTS) is 1. The largest absolute Gasteiger partial charge is 0.480 e. The first kappa shape index (κ1) is 24.5. The molecule has 3 N–H and O–H groups in total. The average molecular weight is 583 g/mol. The molecule has 37 heavy (non-hydrogen) atoms. The first-order valence-corrected chi connectivity index (χ1v) is 14.2. The zero-order chi connectivity index (χ0) is 26.1. The lowest BCUT2D eigenvalue weighted by Gasteiger charge is -2.41. The Morgan fingerprint density at radius 1 is 1.24 bits per heavy atom. The number of aryl methyl sites for hydroxylation is 1. The van der Waals surface area contributed by atoms with E-state index >= 15 is 0 Å². The first-order valence-electron chi connectivity index (χ1n) is 12.6. The molecular formula is C27H28BrN5O3S. The fourth-order valence-corrected chi connectivity index (χ4v) is 8.40. The molecular weight excluding hydrogens is 554 g/mol. The van der Waals surface area contributed by atoms with Gasteiger partial charge in [-0.25, -0.2) is 10.3 Å². The van der Waals surface area contributed by atoms with E-state index in [2.05, 4.69) is 68.2 Å². The third kappa shape index (κ3) is 3.49. The summed E-state index contributed by atoms with van der Waals surface area (Å²) in [7, 11) is 0. The highest BCUT2D eigenvalue weighted by Gasteiger charge is 2.55. The second kappa shape index (κ2) is 8.89. The van der Waals surface area contributed by atoms with Gasteiger partial charge in [0, 0.05) is 37.3 Å². The van der Waals surface area contributed by atoms with Crippen LogP contribution in [0.25, 0.3) is 20.5 Å². The van der Waals surface area contributed by atoms with Crippen LogP contribution >= 0.6 is 27.3 Å². The highest BCUT2D eigenvalue weighted by atomic mass is 79.9. The Morgan fingerprint density at radius 2 is 2.03 bits per heavy atom. The summed E-state index contributed by atoms with van der Waals surface area (Å²) in [6.45, 7) is 5.70. The van der Waals surface area contributed by atoms with Gasteiger partial charge in [0.05, 0.1) is 10.8 Å². The number of carbonyl (C=O) groups is 2. The fraction of sp³-hybridized carbons (Fsp3) is 0.407. The van der Waals surface area contributed by atoms with Crippen LogP contribution in [0.15, 0.2) is 51.2 Å². The van der Waals surface area contributed by atoms with Crippen LogP contribution < -0.4 is 10.9 Å². The maximum atomic E-state index is 13.5. The lowest BCUT2D eigenvalue weighted by Crippen LogP contribution is -2.57. The van der Waals surface area contributed by atoms with Crippen molar-refractivity contribution >= 4 is 49.2 Å². The van der Waals surface area contributed by atoms with Crippen molar-refractivity contribution in [1.29, 1.82) is 0 Å². The second-order valence-electron chi connectivity index (χ2n) is 10.4. The van der Waals surface area contributed by atoms with Crippen molar-refractivity contribution in [2.45, 2.75) is 57.8 Å². The molecule has 8 nitrogen and oxygen atoms in total. The van der Waals surface area contributed by atoms with Crippen LogP contribution in [-0.4, -0.2) is 34.1 Å². The van der Waals surface area contributed by atoms with E-state index in [9.17, 15) is 14.7 Å². The Bertz CT molecular complexity index is 1470. The van der Waals surface area contributed by atoms with Crippen molar-refractivity contribution in [3.8, 4) is 10.4 Å². The number of hydrogen-bond donors (Lipinski definition) is 3. The molecule has 1 aliphatic heterocycles. The van der Waals surface area contributed by atoms with E-state index < -0.39 is 23.6 Å². The number of amides is 1. The van der Waals surface area contributed by atoms with E-state index in [1.165, 1.54) is 4.70 Å². The quantitative estimate of drug-likeness (QED) is 0.356. The van der Waals surface area contributed by atoms with Gasteiger partial charge < -0.3 is 10.4 Å². The minimum Gasteiger partial charge on any atom is -0.480 e. The van der Waals surface area contributed by atoms with Gasteiger partial charge in [0.25, 0.3) is 0 Å². The van der Waals surface area contributed by atoms with Crippen LogP contribution in [0.5, 0.6) is 0 Å². The zero-order valence-corrected chi connectivity index (χ0v) is 23.2. The molecule has 0 saturated heterocycles. The van der Waals surface area contributed by atoms with Gasteiger partial charge in [0.15, 0.2) is 0 Å². The van der Waals surface area contributed by atoms with Gasteiger partial charge in [-0.3, -0.25) is 4.79 Å². The van der Waals surface area contributed by atoms with Crippen LogP contribution in [0, 0.1) is 18.8 Å². The number of nitrogens with one attached hydrogen (secondary N) is 2. The number of carbonyl (C=O) groups excluding carboxylic acids is 1. The van der Waals surface area contributed by atoms with Crippen LogP contribution in [-0.2, 0) is 15.3 Å². The minimum atomic E-state index is -1.02. The van der Waals surface area contributed by atoms with Gasteiger partial charge in [-0.15, -0.1) is 16.5 Å². The Balaban J connectivity index is 1.50. The van der Waals surface area contributed by atoms with Crippen LogP contribution in [0.4, 0.5) is 0 Å². The number of carboxylic acids is 1. The van der Waals surface area contributed by atoms with Crippen molar-refractivity contribution in [1.82, 2.24) is 15.9 Å². The molecule has 2 bridgehead atoms. The normalized spacial score (nSPS) is 25.0. The first-order chi connectivity index (χ1) is 17.8. The molecule has 1 aromatic heterocycles. The van der Waals surface area contributed by atoms with E-state index in [-0.39, 0.29) is 17.9 Å². The molecule has 2 aliphatic carbocycles. The van der Waals surface area contributed by atoms with Crippen LogP contribution in [0.1, 0.15) is 49.8 Å². The molecule has 1 fully saturated rings. The van der Waals surface area contributed by atoms with E-state index in [1.807, 2.05) is 12.1 Å². The van der Waals surface area contributed by atoms with Crippen molar-refractivity contribution in [3.63, 3.8) is 0 Å². The number of benzene rings is 2. The van der Waals surface area contributed by atoms with Crippen LogP contribution in [0.3, 0.4) is 0 Å². The Morgan fingerprint density at radius 3 is 2.78 bits per heavy atom. The molecule has 3 aliphatic rings. The van der Waals surface area contributed by atoms with E-state index in [0.717, 1.165) is 49.8 Å².